The number of Topliss-reactive ketones (excluding diaryl/α,β-unsaturated/α-hetero) is 1. The van der Waals surface area contributed by atoms with Crippen molar-refractivity contribution in [3.63, 3.8) is 0 Å². The Morgan fingerprint density at radius 2 is 1.04 bits per heavy atom. The maximum absolute atomic E-state index is 13.2. The van der Waals surface area contributed by atoms with Gasteiger partial charge in [-0.3, -0.25) is 4.79 Å². The number of unbranched alkanes of at least 4 members (excludes halogenated alkanes) is 1. The smallest absolute Gasteiger partial charge is 0.162 e. The van der Waals surface area contributed by atoms with E-state index in [1.54, 1.807) is 0 Å². The van der Waals surface area contributed by atoms with Gasteiger partial charge in [0.1, 0.15) is 0 Å². The third-order valence-corrected chi connectivity index (χ3v) is 9.46. The molecule has 0 radical (unpaired) electrons. The lowest BCUT2D eigenvalue weighted by molar-refractivity contribution is 0.0980. The number of fused-ring (bicyclic) bond motifs is 2. The fraction of sp³-hybridized carbons (Fsp3) is 0.196. The van der Waals surface area contributed by atoms with E-state index in [4.69, 9.17) is 0 Å². The number of ketones is 1. The van der Waals surface area contributed by atoms with Crippen LogP contribution in [0.5, 0.6) is 0 Å². The van der Waals surface area contributed by atoms with Crippen LogP contribution < -0.4 is 4.90 Å². The van der Waals surface area contributed by atoms with E-state index in [1.165, 1.54) is 22.5 Å². The molecular formula is C46H45NO. The Morgan fingerprint density at radius 3 is 1.58 bits per heavy atom. The molecule has 6 aromatic rings. The Hall–Kier alpha value is -5.21. The van der Waals surface area contributed by atoms with Crippen LogP contribution in [0.1, 0.15) is 75.4 Å². The summed E-state index contributed by atoms with van der Waals surface area (Å²) < 4.78 is 0. The lowest BCUT2D eigenvalue weighted by Crippen LogP contribution is -2.30. The Kier molecular flexibility index (Phi) is 9.73. The van der Waals surface area contributed by atoms with Crippen molar-refractivity contribution in [3.8, 4) is 33.4 Å². The van der Waals surface area contributed by atoms with Gasteiger partial charge in [0, 0.05) is 23.1 Å². The highest BCUT2D eigenvalue weighted by atomic mass is 16.1. The average Bonchev–Trinajstić information content (AvgIpc) is 3.15. The van der Waals surface area contributed by atoms with E-state index < -0.39 is 0 Å². The molecule has 240 valence electrons. The molecule has 0 N–H and O–H groups in total. The molecule has 0 fully saturated rings. The Morgan fingerprint density at radius 1 is 0.562 bits per heavy atom. The molecule has 0 aliphatic carbocycles. The van der Waals surface area contributed by atoms with E-state index in [1.807, 2.05) is 26.0 Å². The molecule has 0 aromatic heterocycles. The van der Waals surface area contributed by atoms with Gasteiger partial charge in [-0.1, -0.05) is 156 Å². The van der Waals surface area contributed by atoms with Gasteiger partial charge in [0.15, 0.2) is 5.78 Å². The van der Waals surface area contributed by atoms with Gasteiger partial charge < -0.3 is 4.90 Å². The number of hydrogen-bond donors (Lipinski definition) is 0. The fourth-order valence-electron chi connectivity index (χ4n) is 7.00. The van der Waals surface area contributed by atoms with Gasteiger partial charge in [0.25, 0.3) is 0 Å². The molecule has 0 spiro atoms. The summed E-state index contributed by atoms with van der Waals surface area (Å²) in [6.07, 6.45) is 2.48. The van der Waals surface area contributed by atoms with Crippen LogP contribution in [0, 0.1) is 0 Å². The third-order valence-electron chi connectivity index (χ3n) is 9.46. The van der Waals surface area contributed by atoms with Crippen molar-refractivity contribution < 1.29 is 4.79 Å². The summed E-state index contributed by atoms with van der Waals surface area (Å²) in [6.45, 7) is 10.8. The standard InChI is InChI=1S/C44H39NO.C2H6/c1-4-5-24-43(46)33-25-27-35(37(29-33)31-16-8-6-9-17-31)36-28-26-34(30-38(36)32-18-10-7-11-19-32)45-41-22-14-12-20-39(41)44(2,3)40-21-13-15-23-42(40)45;1-2/h6-23,25-30H,4-5,24H2,1-3H3;1-2H3. The van der Waals surface area contributed by atoms with Crippen molar-refractivity contribution in [2.75, 3.05) is 4.90 Å². The SMILES string of the molecule is CC.CCCCC(=O)c1ccc(-c2ccc(N3c4ccccc4C(C)(C)c4ccccc43)cc2-c2ccccc2)c(-c2ccccc2)c1. The van der Waals surface area contributed by atoms with Crippen LogP contribution in [0.15, 0.2) is 146 Å². The molecule has 0 amide bonds. The minimum Gasteiger partial charge on any atom is -0.310 e. The van der Waals surface area contributed by atoms with E-state index in [9.17, 15) is 4.79 Å². The average molecular weight is 628 g/mol. The number of rotatable bonds is 8. The van der Waals surface area contributed by atoms with Crippen LogP contribution in [-0.4, -0.2) is 5.78 Å². The van der Waals surface area contributed by atoms with Gasteiger partial charge in [0.05, 0.1) is 11.4 Å². The number of anilines is 3. The second-order valence-electron chi connectivity index (χ2n) is 12.7. The van der Waals surface area contributed by atoms with Crippen molar-refractivity contribution >= 4 is 22.8 Å². The first-order valence-corrected chi connectivity index (χ1v) is 17.4. The zero-order chi connectivity index (χ0) is 33.7. The summed E-state index contributed by atoms with van der Waals surface area (Å²) in [7, 11) is 0. The zero-order valence-corrected chi connectivity index (χ0v) is 28.8. The predicted molar refractivity (Wildman–Crippen MR) is 205 cm³/mol. The second-order valence-corrected chi connectivity index (χ2v) is 12.7. The molecule has 0 bridgehead atoms. The highest BCUT2D eigenvalue weighted by molar-refractivity contribution is 6.01. The largest absolute Gasteiger partial charge is 0.310 e. The number of nitrogens with zero attached hydrogens (tertiary/aromatic N) is 1. The molecule has 48 heavy (non-hydrogen) atoms. The summed E-state index contributed by atoms with van der Waals surface area (Å²) in [6, 6.07) is 51.8. The molecule has 2 nitrogen and oxygen atoms in total. The highest BCUT2D eigenvalue weighted by Gasteiger charge is 2.36. The first-order chi connectivity index (χ1) is 23.5. The fourth-order valence-corrected chi connectivity index (χ4v) is 7.00. The maximum Gasteiger partial charge on any atom is 0.162 e. The Balaban J connectivity index is 0.00000197. The minimum absolute atomic E-state index is 0.118. The molecule has 1 aliphatic rings. The van der Waals surface area contributed by atoms with Crippen molar-refractivity contribution in [3.05, 3.63) is 162 Å². The molecule has 0 saturated heterocycles. The molecule has 1 heterocycles. The number of benzene rings is 6. The molecule has 1 aliphatic heterocycles. The van der Waals surface area contributed by atoms with Crippen molar-refractivity contribution in [2.45, 2.75) is 59.3 Å². The molecule has 0 unspecified atom stereocenters. The summed E-state index contributed by atoms with van der Waals surface area (Å²) in [4.78, 5) is 15.6. The Labute approximate surface area is 286 Å². The third kappa shape index (κ3) is 6.11. The van der Waals surface area contributed by atoms with Gasteiger partial charge in [-0.15, -0.1) is 0 Å². The van der Waals surface area contributed by atoms with Crippen LogP contribution in [-0.2, 0) is 5.41 Å². The van der Waals surface area contributed by atoms with Gasteiger partial charge in [0.2, 0.25) is 0 Å². The van der Waals surface area contributed by atoms with Crippen LogP contribution in [0.2, 0.25) is 0 Å². The van der Waals surface area contributed by atoms with Crippen LogP contribution >= 0.6 is 0 Å². The normalized spacial score (nSPS) is 12.7. The molecule has 0 atom stereocenters. The Bertz CT molecular complexity index is 1970. The molecule has 6 aromatic carbocycles. The minimum atomic E-state index is -0.118. The van der Waals surface area contributed by atoms with Crippen molar-refractivity contribution in [1.29, 1.82) is 0 Å². The summed E-state index contributed by atoms with van der Waals surface area (Å²) >= 11 is 0. The van der Waals surface area contributed by atoms with E-state index >= 15 is 0 Å². The number of para-hydroxylation sites is 2. The van der Waals surface area contributed by atoms with E-state index in [0.717, 1.165) is 57.5 Å². The van der Waals surface area contributed by atoms with Gasteiger partial charge in [-0.25, -0.2) is 0 Å². The van der Waals surface area contributed by atoms with Crippen molar-refractivity contribution in [1.82, 2.24) is 0 Å². The quantitative estimate of drug-likeness (QED) is 0.157. The topological polar surface area (TPSA) is 20.3 Å². The van der Waals surface area contributed by atoms with Crippen LogP contribution in [0.3, 0.4) is 0 Å². The summed E-state index contributed by atoms with van der Waals surface area (Å²) in [5.74, 6) is 0.203. The van der Waals surface area contributed by atoms with E-state index in [0.29, 0.717) is 6.42 Å². The number of carbonyl (C=O) groups is 1. The van der Waals surface area contributed by atoms with Gasteiger partial charge in [-0.05, 0) is 81.3 Å². The van der Waals surface area contributed by atoms with Gasteiger partial charge >= 0.3 is 0 Å². The number of hydrogen-bond acceptors (Lipinski definition) is 2. The molecule has 0 saturated carbocycles. The van der Waals surface area contributed by atoms with Gasteiger partial charge in [-0.2, -0.15) is 0 Å². The lowest BCUT2D eigenvalue weighted by Gasteiger charge is -2.42. The highest BCUT2D eigenvalue weighted by Crippen LogP contribution is 2.52. The van der Waals surface area contributed by atoms with Crippen LogP contribution in [0.4, 0.5) is 17.1 Å². The van der Waals surface area contributed by atoms with E-state index in [-0.39, 0.29) is 11.2 Å². The summed E-state index contributed by atoms with van der Waals surface area (Å²) in [5, 5.41) is 0. The monoisotopic (exact) mass is 627 g/mol. The second kappa shape index (κ2) is 14.3. The molecular weight excluding hydrogens is 583 g/mol. The van der Waals surface area contributed by atoms with Crippen LogP contribution in [0.25, 0.3) is 33.4 Å². The summed E-state index contributed by atoms with van der Waals surface area (Å²) in [5.41, 5.74) is 13.6. The maximum atomic E-state index is 13.2. The molecule has 2 heteroatoms. The number of carbonyl (C=O) groups excluding carboxylic acids is 1. The first kappa shape index (κ1) is 32.7. The first-order valence-electron chi connectivity index (χ1n) is 17.4. The zero-order valence-electron chi connectivity index (χ0n) is 28.8. The predicted octanol–water partition coefficient (Wildman–Crippen LogP) is 13.2. The lowest BCUT2D eigenvalue weighted by atomic mass is 9.73. The van der Waals surface area contributed by atoms with E-state index in [2.05, 4.69) is 159 Å². The van der Waals surface area contributed by atoms with Crippen molar-refractivity contribution in [2.24, 2.45) is 0 Å². The molecule has 7 rings (SSSR count).